The van der Waals surface area contributed by atoms with Crippen molar-refractivity contribution in [2.24, 2.45) is 11.8 Å². The molecule has 0 saturated heterocycles. The van der Waals surface area contributed by atoms with Gasteiger partial charge in [-0.05, 0) is 42.4 Å². The molecule has 0 saturated carbocycles. The third-order valence-corrected chi connectivity index (χ3v) is 3.85. The Morgan fingerprint density at radius 2 is 2.17 bits per heavy atom. The first-order valence-corrected chi connectivity index (χ1v) is 8.31. The highest BCUT2D eigenvalue weighted by Crippen LogP contribution is 2.28. The molecule has 1 aliphatic rings. The Hall–Kier alpha value is -1.97. The highest BCUT2D eigenvalue weighted by atomic mass is 16.5. The SMILES string of the molecule is COc1cc(CNC(=O)C[C@@H]2C=CCC2)ccc1OCC(C)C. The lowest BCUT2D eigenvalue weighted by Crippen LogP contribution is -2.24. The average Bonchev–Trinajstić information content (AvgIpc) is 3.04. The van der Waals surface area contributed by atoms with Crippen molar-refractivity contribution in [2.45, 2.75) is 39.7 Å². The number of nitrogens with one attached hydrogen (secondary N) is 1. The fourth-order valence-corrected chi connectivity index (χ4v) is 2.57. The lowest BCUT2D eigenvalue weighted by atomic mass is 10.1. The molecule has 0 heterocycles. The van der Waals surface area contributed by atoms with Gasteiger partial charge in [-0.3, -0.25) is 4.79 Å². The Labute approximate surface area is 138 Å². The van der Waals surface area contributed by atoms with Gasteiger partial charge in [0.1, 0.15) is 0 Å². The normalized spacial score (nSPS) is 16.6. The summed E-state index contributed by atoms with van der Waals surface area (Å²) in [6, 6.07) is 5.79. The standard InChI is InChI=1S/C19H27NO3/c1-14(2)13-23-17-9-8-16(10-18(17)22-3)12-20-19(21)11-15-6-4-5-7-15/h4,6,8-10,14-15H,5,7,11-13H2,1-3H3,(H,20,21)/t15-/m1/s1. The van der Waals surface area contributed by atoms with Crippen LogP contribution in [0.2, 0.25) is 0 Å². The fraction of sp³-hybridized carbons (Fsp3) is 0.526. The molecule has 2 rings (SSSR count). The van der Waals surface area contributed by atoms with Gasteiger partial charge in [0.25, 0.3) is 0 Å². The lowest BCUT2D eigenvalue weighted by Gasteiger charge is -2.14. The number of rotatable bonds is 8. The summed E-state index contributed by atoms with van der Waals surface area (Å²) in [6.45, 7) is 5.38. The minimum absolute atomic E-state index is 0.0978. The molecule has 0 aromatic heterocycles. The molecule has 126 valence electrons. The van der Waals surface area contributed by atoms with Gasteiger partial charge >= 0.3 is 0 Å². The zero-order valence-electron chi connectivity index (χ0n) is 14.3. The highest BCUT2D eigenvalue weighted by molar-refractivity contribution is 5.76. The summed E-state index contributed by atoms with van der Waals surface area (Å²) in [7, 11) is 1.63. The van der Waals surface area contributed by atoms with Crippen molar-refractivity contribution >= 4 is 5.91 Å². The predicted octanol–water partition coefficient (Wildman–Crippen LogP) is 3.70. The van der Waals surface area contributed by atoms with E-state index in [1.165, 1.54) is 0 Å². The van der Waals surface area contributed by atoms with Gasteiger partial charge in [0, 0.05) is 13.0 Å². The Kier molecular flexibility index (Phi) is 6.51. The molecule has 23 heavy (non-hydrogen) atoms. The lowest BCUT2D eigenvalue weighted by molar-refractivity contribution is -0.121. The summed E-state index contributed by atoms with van der Waals surface area (Å²) >= 11 is 0. The van der Waals surface area contributed by atoms with Gasteiger partial charge in [-0.1, -0.05) is 32.1 Å². The van der Waals surface area contributed by atoms with E-state index in [1.807, 2.05) is 18.2 Å². The van der Waals surface area contributed by atoms with Crippen molar-refractivity contribution in [2.75, 3.05) is 13.7 Å². The van der Waals surface area contributed by atoms with Crippen LogP contribution in [0.25, 0.3) is 0 Å². The first-order chi connectivity index (χ1) is 11.1. The molecule has 0 aliphatic heterocycles. The van der Waals surface area contributed by atoms with Crippen LogP contribution in [0.4, 0.5) is 0 Å². The molecule has 4 heteroatoms. The van der Waals surface area contributed by atoms with E-state index in [1.54, 1.807) is 7.11 Å². The average molecular weight is 317 g/mol. The maximum absolute atomic E-state index is 12.0. The van der Waals surface area contributed by atoms with Gasteiger partial charge < -0.3 is 14.8 Å². The van der Waals surface area contributed by atoms with Gasteiger partial charge in [-0.25, -0.2) is 0 Å². The van der Waals surface area contributed by atoms with Crippen LogP contribution < -0.4 is 14.8 Å². The van der Waals surface area contributed by atoms with Crippen LogP contribution in [-0.4, -0.2) is 19.6 Å². The first kappa shape index (κ1) is 17.4. The second-order valence-corrected chi connectivity index (χ2v) is 6.44. The van der Waals surface area contributed by atoms with Crippen molar-refractivity contribution in [1.82, 2.24) is 5.32 Å². The largest absolute Gasteiger partial charge is 0.493 e. The fourth-order valence-electron chi connectivity index (χ4n) is 2.57. The van der Waals surface area contributed by atoms with Crippen molar-refractivity contribution in [3.63, 3.8) is 0 Å². The molecule has 1 aromatic rings. The number of hydrogen-bond donors (Lipinski definition) is 1. The van der Waals surface area contributed by atoms with Crippen LogP contribution >= 0.6 is 0 Å². The van der Waals surface area contributed by atoms with E-state index in [2.05, 4.69) is 31.3 Å². The zero-order valence-corrected chi connectivity index (χ0v) is 14.3. The van der Waals surface area contributed by atoms with Gasteiger partial charge in [-0.2, -0.15) is 0 Å². The summed E-state index contributed by atoms with van der Waals surface area (Å²) in [6.07, 6.45) is 7.04. The van der Waals surface area contributed by atoms with Crippen molar-refractivity contribution in [3.05, 3.63) is 35.9 Å². The topological polar surface area (TPSA) is 47.6 Å². The quantitative estimate of drug-likeness (QED) is 0.744. The summed E-state index contributed by atoms with van der Waals surface area (Å²) in [5, 5.41) is 2.98. The van der Waals surface area contributed by atoms with E-state index in [0.717, 1.165) is 24.2 Å². The van der Waals surface area contributed by atoms with Gasteiger partial charge in [0.2, 0.25) is 5.91 Å². The number of amides is 1. The molecular weight excluding hydrogens is 290 g/mol. The summed E-state index contributed by atoms with van der Waals surface area (Å²) in [5.41, 5.74) is 1.01. The van der Waals surface area contributed by atoms with Gasteiger partial charge in [-0.15, -0.1) is 0 Å². The van der Waals surface area contributed by atoms with Crippen molar-refractivity contribution in [3.8, 4) is 11.5 Å². The van der Waals surface area contributed by atoms with E-state index >= 15 is 0 Å². The van der Waals surface area contributed by atoms with Crippen LogP contribution in [0.3, 0.4) is 0 Å². The molecule has 4 nitrogen and oxygen atoms in total. The molecule has 1 aromatic carbocycles. The smallest absolute Gasteiger partial charge is 0.220 e. The Morgan fingerprint density at radius 1 is 1.35 bits per heavy atom. The molecule has 0 spiro atoms. The van der Waals surface area contributed by atoms with E-state index < -0.39 is 0 Å². The molecule has 1 N–H and O–H groups in total. The second kappa shape index (κ2) is 8.61. The maximum Gasteiger partial charge on any atom is 0.220 e. The number of hydrogen-bond acceptors (Lipinski definition) is 3. The second-order valence-electron chi connectivity index (χ2n) is 6.44. The number of methoxy groups -OCH3 is 1. The van der Waals surface area contributed by atoms with Gasteiger partial charge in [0.05, 0.1) is 13.7 Å². The summed E-state index contributed by atoms with van der Waals surface area (Å²) < 4.78 is 11.1. The third-order valence-electron chi connectivity index (χ3n) is 3.85. The minimum Gasteiger partial charge on any atom is -0.493 e. The molecule has 0 bridgehead atoms. The summed E-state index contributed by atoms with van der Waals surface area (Å²) in [5.74, 6) is 2.41. The predicted molar refractivity (Wildman–Crippen MR) is 91.7 cm³/mol. The number of ether oxygens (including phenoxy) is 2. The molecule has 1 aliphatic carbocycles. The number of allylic oxidation sites excluding steroid dienone is 2. The minimum atomic E-state index is 0.0978. The molecule has 0 unspecified atom stereocenters. The monoisotopic (exact) mass is 317 g/mol. The number of carbonyl (C=O) groups excluding carboxylic acids is 1. The highest BCUT2D eigenvalue weighted by Gasteiger charge is 2.14. The van der Waals surface area contributed by atoms with Crippen LogP contribution in [-0.2, 0) is 11.3 Å². The third kappa shape index (κ3) is 5.62. The van der Waals surface area contributed by atoms with E-state index in [-0.39, 0.29) is 5.91 Å². The maximum atomic E-state index is 12.0. The van der Waals surface area contributed by atoms with Crippen LogP contribution in [0.1, 0.15) is 38.7 Å². The Morgan fingerprint density at radius 3 is 2.83 bits per heavy atom. The van der Waals surface area contributed by atoms with Crippen molar-refractivity contribution < 1.29 is 14.3 Å². The summed E-state index contributed by atoms with van der Waals surface area (Å²) in [4.78, 5) is 12.0. The molecular formula is C19H27NO3. The number of carbonyl (C=O) groups is 1. The van der Waals surface area contributed by atoms with Crippen LogP contribution in [0.5, 0.6) is 11.5 Å². The molecule has 0 radical (unpaired) electrons. The van der Waals surface area contributed by atoms with Gasteiger partial charge in [0.15, 0.2) is 11.5 Å². The van der Waals surface area contributed by atoms with E-state index in [4.69, 9.17) is 9.47 Å². The Bertz CT molecular complexity index is 552. The number of benzene rings is 1. The van der Waals surface area contributed by atoms with Crippen molar-refractivity contribution in [1.29, 1.82) is 0 Å². The van der Waals surface area contributed by atoms with Crippen LogP contribution in [0, 0.1) is 11.8 Å². The van der Waals surface area contributed by atoms with Crippen LogP contribution in [0.15, 0.2) is 30.4 Å². The molecule has 0 fully saturated rings. The molecule has 1 atom stereocenters. The zero-order chi connectivity index (χ0) is 16.7. The Balaban J connectivity index is 1.87. The van der Waals surface area contributed by atoms with E-state index in [0.29, 0.717) is 37.2 Å². The first-order valence-electron chi connectivity index (χ1n) is 8.31. The molecule has 1 amide bonds. The van der Waals surface area contributed by atoms with E-state index in [9.17, 15) is 4.79 Å².